The van der Waals surface area contributed by atoms with Crippen LogP contribution in [0, 0.1) is 6.92 Å². The molecule has 0 aromatic carbocycles. The number of anilines is 2. The van der Waals surface area contributed by atoms with Gasteiger partial charge in [-0.05, 0) is 13.8 Å². The van der Waals surface area contributed by atoms with Crippen molar-refractivity contribution in [3.63, 3.8) is 0 Å². The zero-order valence-corrected chi connectivity index (χ0v) is 11.4. The molecular weight excluding hydrogens is 256 g/mol. The molecule has 0 bridgehead atoms. The summed E-state index contributed by atoms with van der Waals surface area (Å²) in [4.78, 5) is 8.82. The largest absolute Gasteiger partial charge is 0.369 e. The molecule has 0 fully saturated rings. The number of hydrogen-bond donors (Lipinski definition) is 2. The monoisotopic (exact) mass is 272 g/mol. The van der Waals surface area contributed by atoms with Crippen LogP contribution in [0.15, 0.2) is 29.2 Å². The van der Waals surface area contributed by atoms with Crippen molar-refractivity contribution in [1.29, 1.82) is 0 Å². The van der Waals surface area contributed by atoms with Crippen LogP contribution < -0.4 is 10.6 Å². The lowest BCUT2D eigenvalue weighted by Gasteiger charge is -2.09. The van der Waals surface area contributed by atoms with Gasteiger partial charge in [0.15, 0.2) is 17.2 Å². The second-order valence-corrected chi connectivity index (χ2v) is 4.45. The predicted molar refractivity (Wildman–Crippen MR) is 75.7 cm³/mol. The molecule has 0 radical (unpaired) electrons. The lowest BCUT2D eigenvalue weighted by molar-refractivity contribution is 0.384. The van der Waals surface area contributed by atoms with Gasteiger partial charge in [0, 0.05) is 25.0 Å². The number of nitrogens with zero attached hydrogens (tertiary/aromatic N) is 4. The first-order chi connectivity index (χ1) is 9.76. The molecule has 7 heteroatoms. The predicted octanol–water partition coefficient (Wildman–Crippen LogP) is 2.07. The maximum atomic E-state index is 5.17. The van der Waals surface area contributed by atoms with E-state index in [1.54, 1.807) is 6.20 Å². The van der Waals surface area contributed by atoms with E-state index in [0.717, 1.165) is 29.5 Å². The van der Waals surface area contributed by atoms with Crippen LogP contribution in [0.1, 0.15) is 18.4 Å². The third-order valence-corrected chi connectivity index (χ3v) is 2.84. The number of aromatic nitrogens is 4. The van der Waals surface area contributed by atoms with E-state index < -0.39 is 0 Å². The van der Waals surface area contributed by atoms with Crippen molar-refractivity contribution >= 4 is 17.3 Å². The molecule has 0 aliphatic rings. The van der Waals surface area contributed by atoms with Crippen LogP contribution in [-0.4, -0.2) is 26.1 Å². The highest BCUT2D eigenvalue weighted by Crippen LogP contribution is 2.17. The summed E-state index contributed by atoms with van der Waals surface area (Å²) in [6, 6.07) is 1.89. The maximum absolute atomic E-state index is 5.17. The van der Waals surface area contributed by atoms with E-state index >= 15 is 0 Å². The topological polar surface area (TPSA) is 80.3 Å². The van der Waals surface area contributed by atoms with Crippen LogP contribution >= 0.6 is 0 Å². The van der Waals surface area contributed by atoms with Gasteiger partial charge >= 0.3 is 0 Å². The summed E-state index contributed by atoms with van der Waals surface area (Å²) in [7, 11) is 0. The normalized spacial score (nSPS) is 10.9. The highest BCUT2D eigenvalue weighted by atomic mass is 16.5. The van der Waals surface area contributed by atoms with Crippen molar-refractivity contribution in [3.05, 3.63) is 36.1 Å². The molecule has 0 aliphatic carbocycles. The molecule has 3 aromatic rings. The first-order valence-electron chi connectivity index (χ1n) is 6.50. The molecule has 0 saturated carbocycles. The van der Waals surface area contributed by atoms with E-state index in [1.807, 2.05) is 36.7 Å². The fourth-order valence-electron chi connectivity index (χ4n) is 1.99. The molecule has 0 amide bonds. The molecule has 104 valence electrons. The summed E-state index contributed by atoms with van der Waals surface area (Å²) >= 11 is 0. The second kappa shape index (κ2) is 5.20. The first kappa shape index (κ1) is 12.5. The summed E-state index contributed by atoms with van der Waals surface area (Å²) in [5.74, 6) is 2.28. The smallest absolute Gasteiger partial charge is 0.180 e. The highest BCUT2D eigenvalue weighted by molar-refractivity contribution is 5.65. The molecule has 0 saturated heterocycles. The lowest BCUT2D eigenvalue weighted by Crippen LogP contribution is -2.07. The Balaban J connectivity index is 1.87. The maximum Gasteiger partial charge on any atom is 0.180 e. The number of nitrogens with one attached hydrogen (secondary N) is 2. The molecule has 0 atom stereocenters. The molecule has 0 spiro atoms. The fourth-order valence-corrected chi connectivity index (χ4v) is 1.99. The molecule has 0 unspecified atom stereocenters. The SMILES string of the molecule is CCNc1cn2ccnc2c(NCc2cc(C)no2)n1. The minimum Gasteiger partial charge on any atom is -0.369 e. The van der Waals surface area contributed by atoms with Crippen LogP contribution in [0.4, 0.5) is 11.6 Å². The van der Waals surface area contributed by atoms with Gasteiger partial charge in [-0.2, -0.15) is 0 Å². The number of hydrogen-bond acceptors (Lipinski definition) is 6. The van der Waals surface area contributed by atoms with E-state index in [9.17, 15) is 0 Å². The van der Waals surface area contributed by atoms with Crippen LogP contribution in [0.3, 0.4) is 0 Å². The van der Waals surface area contributed by atoms with Gasteiger partial charge in [-0.3, -0.25) is 0 Å². The Labute approximate surface area is 116 Å². The lowest BCUT2D eigenvalue weighted by atomic mass is 10.4. The third-order valence-electron chi connectivity index (χ3n) is 2.84. The van der Waals surface area contributed by atoms with E-state index in [0.29, 0.717) is 12.4 Å². The fraction of sp³-hybridized carbons (Fsp3) is 0.308. The standard InChI is InChI=1S/C13H16N6O/c1-3-14-11-8-19-5-4-15-13(19)12(17-11)16-7-10-6-9(2)18-20-10/h4-6,8,14H,3,7H2,1-2H3,(H,16,17). The molecule has 0 aliphatic heterocycles. The van der Waals surface area contributed by atoms with Crippen LogP contribution in [0.25, 0.3) is 5.65 Å². The number of imidazole rings is 1. The number of aryl methyl sites for hydroxylation is 1. The van der Waals surface area contributed by atoms with Crippen LogP contribution in [0.2, 0.25) is 0 Å². The van der Waals surface area contributed by atoms with E-state index in [2.05, 4.69) is 25.8 Å². The van der Waals surface area contributed by atoms with E-state index in [-0.39, 0.29) is 0 Å². The average molecular weight is 272 g/mol. The second-order valence-electron chi connectivity index (χ2n) is 4.45. The van der Waals surface area contributed by atoms with Crippen molar-refractivity contribution in [2.45, 2.75) is 20.4 Å². The van der Waals surface area contributed by atoms with Gasteiger partial charge in [-0.25, -0.2) is 9.97 Å². The zero-order chi connectivity index (χ0) is 13.9. The minimum atomic E-state index is 0.520. The van der Waals surface area contributed by atoms with Crippen LogP contribution in [0.5, 0.6) is 0 Å². The Bertz CT molecular complexity index is 717. The van der Waals surface area contributed by atoms with Crippen molar-refractivity contribution in [3.8, 4) is 0 Å². The van der Waals surface area contributed by atoms with Crippen LogP contribution in [-0.2, 0) is 6.54 Å². The summed E-state index contributed by atoms with van der Waals surface area (Å²) < 4.78 is 7.10. The van der Waals surface area contributed by atoms with Crippen molar-refractivity contribution < 1.29 is 4.52 Å². The molecule has 20 heavy (non-hydrogen) atoms. The molecule has 3 rings (SSSR count). The molecular formula is C13H16N6O. The Morgan fingerprint density at radius 1 is 1.35 bits per heavy atom. The Hall–Kier alpha value is -2.57. The summed E-state index contributed by atoms with van der Waals surface area (Å²) in [5.41, 5.74) is 1.64. The molecule has 3 aromatic heterocycles. The highest BCUT2D eigenvalue weighted by Gasteiger charge is 2.08. The summed E-state index contributed by atoms with van der Waals surface area (Å²) in [5, 5.41) is 10.3. The molecule has 2 N–H and O–H groups in total. The molecule has 7 nitrogen and oxygen atoms in total. The van der Waals surface area contributed by atoms with E-state index in [1.165, 1.54) is 0 Å². The number of fused-ring (bicyclic) bond motifs is 1. The summed E-state index contributed by atoms with van der Waals surface area (Å²) in [6.45, 7) is 5.26. The Morgan fingerprint density at radius 2 is 2.25 bits per heavy atom. The van der Waals surface area contributed by atoms with Crippen molar-refractivity contribution in [1.82, 2.24) is 19.5 Å². The Morgan fingerprint density at radius 3 is 3.00 bits per heavy atom. The number of rotatable bonds is 5. The summed E-state index contributed by atoms with van der Waals surface area (Å²) in [6.07, 6.45) is 5.55. The van der Waals surface area contributed by atoms with Gasteiger partial charge in [0.05, 0.1) is 18.4 Å². The van der Waals surface area contributed by atoms with Gasteiger partial charge in [0.1, 0.15) is 5.82 Å². The van der Waals surface area contributed by atoms with Gasteiger partial charge in [-0.1, -0.05) is 5.16 Å². The zero-order valence-electron chi connectivity index (χ0n) is 11.4. The van der Waals surface area contributed by atoms with E-state index in [4.69, 9.17) is 4.52 Å². The van der Waals surface area contributed by atoms with Crippen molar-refractivity contribution in [2.75, 3.05) is 17.2 Å². The van der Waals surface area contributed by atoms with Gasteiger partial charge in [0.2, 0.25) is 0 Å². The van der Waals surface area contributed by atoms with Gasteiger partial charge < -0.3 is 19.6 Å². The quantitative estimate of drug-likeness (QED) is 0.740. The van der Waals surface area contributed by atoms with Gasteiger partial charge in [-0.15, -0.1) is 0 Å². The van der Waals surface area contributed by atoms with Crippen molar-refractivity contribution in [2.24, 2.45) is 0 Å². The minimum absolute atomic E-state index is 0.520. The third kappa shape index (κ3) is 2.42. The van der Waals surface area contributed by atoms with Gasteiger partial charge in [0.25, 0.3) is 0 Å². The average Bonchev–Trinajstić information content (AvgIpc) is 3.05. The first-order valence-corrected chi connectivity index (χ1v) is 6.50. The molecule has 3 heterocycles. The Kier molecular flexibility index (Phi) is 3.24.